The van der Waals surface area contributed by atoms with Crippen LogP contribution in [0.15, 0.2) is 49.1 Å². The van der Waals surface area contributed by atoms with Gasteiger partial charge in [-0.05, 0) is 43.2 Å². The predicted molar refractivity (Wildman–Crippen MR) is 109 cm³/mol. The first-order valence-electron chi connectivity index (χ1n) is 9.65. The fraction of sp³-hybridized carbons (Fsp3) is 0.333. The lowest BCUT2D eigenvalue weighted by Crippen LogP contribution is -2.50. The summed E-state index contributed by atoms with van der Waals surface area (Å²) in [6, 6.07) is 9.87. The molecule has 8 heteroatoms. The summed E-state index contributed by atoms with van der Waals surface area (Å²) in [5, 5.41) is 8.58. The topological polar surface area (TPSA) is 76.4 Å². The van der Waals surface area contributed by atoms with Gasteiger partial charge in [0.15, 0.2) is 18.2 Å². The van der Waals surface area contributed by atoms with Crippen LogP contribution in [-0.2, 0) is 4.79 Å². The number of ether oxygens (including phenoxy) is 1. The molecule has 1 fully saturated rings. The van der Waals surface area contributed by atoms with Crippen LogP contribution in [0.5, 0.6) is 5.75 Å². The van der Waals surface area contributed by atoms with Gasteiger partial charge in [0.05, 0.1) is 0 Å². The molecule has 1 amide bonds. The Morgan fingerprint density at radius 3 is 2.48 bits per heavy atom. The molecule has 2 aromatic heterocycles. The molecule has 0 saturated carbocycles. The zero-order valence-corrected chi connectivity index (χ0v) is 16.7. The van der Waals surface area contributed by atoms with Crippen LogP contribution in [0.1, 0.15) is 11.1 Å². The number of aryl methyl sites for hydroxylation is 2. The smallest absolute Gasteiger partial charge is 0.260 e. The normalized spacial score (nSPS) is 14.1. The highest BCUT2D eigenvalue weighted by atomic mass is 16.5. The lowest BCUT2D eigenvalue weighted by Gasteiger charge is -2.35. The van der Waals surface area contributed by atoms with Crippen molar-refractivity contribution in [3.05, 3.63) is 60.2 Å². The number of aromatic nitrogens is 4. The second-order valence-electron chi connectivity index (χ2n) is 7.15. The minimum Gasteiger partial charge on any atom is -0.483 e. The molecule has 1 aliphatic heterocycles. The number of rotatable bonds is 5. The summed E-state index contributed by atoms with van der Waals surface area (Å²) in [5.41, 5.74) is 2.15. The Hall–Kier alpha value is -3.42. The van der Waals surface area contributed by atoms with E-state index >= 15 is 0 Å². The molecule has 8 nitrogen and oxygen atoms in total. The van der Waals surface area contributed by atoms with Crippen molar-refractivity contribution in [3.63, 3.8) is 0 Å². The van der Waals surface area contributed by atoms with E-state index in [1.165, 1.54) is 0 Å². The fourth-order valence-corrected chi connectivity index (χ4v) is 3.30. The highest BCUT2D eigenvalue weighted by Gasteiger charge is 2.22. The predicted octanol–water partition coefficient (Wildman–Crippen LogP) is 2.01. The minimum absolute atomic E-state index is 0.00657. The van der Waals surface area contributed by atoms with E-state index in [0.717, 1.165) is 28.5 Å². The van der Waals surface area contributed by atoms with Gasteiger partial charge in [-0.15, -0.1) is 10.2 Å². The van der Waals surface area contributed by atoms with Crippen molar-refractivity contribution in [1.82, 2.24) is 24.6 Å². The number of amides is 1. The summed E-state index contributed by atoms with van der Waals surface area (Å²) in [6.07, 6.45) is 5.22. The van der Waals surface area contributed by atoms with Gasteiger partial charge in [-0.2, -0.15) is 0 Å². The highest BCUT2D eigenvalue weighted by Crippen LogP contribution is 2.19. The van der Waals surface area contributed by atoms with Crippen LogP contribution in [-0.4, -0.2) is 63.3 Å². The average molecular weight is 392 g/mol. The quantitative estimate of drug-likeness (QED) is 0.661. The van der Waals surface area contributed by atoms with E-state index in [9.17, 15) is 4.79 Å². The van der Waals surface area contributed by atoms with Crippen molar-refractivity contribution >= 4 is 11.7 Å². The van der Waals surface area contributed by atoms with Crippen molar-refractivity contribution in [2.24, 2.45) is 0 Å². The van der Waals surface area contributed by atoms with E-state index in [1.807, 2.05) is 59.8 Å². The third kappa shape index (κ3) is 4.37. The Morgan fingerprint density at radius 2 is 1.79 bits per heavy atom. The molecular formula is C21H24N6O2. The highest BCUT2D eigenvalue weighted by molar-refractivity contribution is 5.78. The van der Waals surface area contributed by atoms with Crippen LogP contribution in [0, 0.1) is 13.8 Å². The van der Waals surface area contributed by atoms with Crippen LogP contribution in [0.3, 0.4) is 0 Å². The molecule has 0 N–H and O–H groups in total. The van der Waals surface area contributed by atoms with E-state index in [2.05, 4.69) is 20.1 Å². The van der Waals surface area contributed by atoms with E-state index in [-0.39, 0.29) is 12.5 Å². The Bertz CT molecular complexity index is 963. The van der Waals surface area contributed by atoms with Gasteiger partial charge in [0.2, 0.25) is 0 Å². The molecule has 0 radical (unpaired) electrons. The molecule has 0 atom stereocenters. The summed E-state index contributed by atoms with van der Waals surface area (Å²) in [7, 11) is 0. The van der Waals surface area contributed by atoms with Gasteiger partial charge in [0, 0.05) is 38.6 Å². The van der Waals surface area contributed by atoms with E-state index in [1.54, 1.807) is 12.5 Å². The summed E-state index contributed by atoms with van der Waals surface area (Å²) in [6.45, 7) is 6.77. The van der Waals surface area contributed by atoms with Gasteiger partial charge in [0.25, 0.3) is 5.91 Å². The first kappa shape index (κ1) is 18.9. The Kier molecular flexibility index (Phi) is 5.41. The molecule has 0 unspecified atom stereocenters. The molecule has 1 saturated heterocycles. The van der Waals surface area contributed by atoms with Crippen LogP contribution in [0.4, 0.5) is 5.82 Å². The van der Waals surface area contributed by atoms with Crippen LogP contribution in [0.25, 0.3) is 5.82 Å². The molecule has 1 aliphatic rings. The zero-order valence-electron chi connectivity index (χ0n) is 16.7. The van der Waals surface area contributed by atoms with Crippen molar-refractivity contribution in [2.75, 3.05) is 37.7 Å². The van der Waals surface area contributed by atoms with Gasteiger partial charge < -0.3 is 14.5 Å². The van der Waals surface area contributed by atoms with Gasteiger partial charge in [-0.25, -0.2) is 4.98 Å². The summed E-state index contributed by atoms with van der Waals surface area (Å²) >= 11 is 0. The number of hydrogen-bond acceptors (Lipinski definition) is 6. The molecule has 29 heavy (non-hydrogen) atoms. The van der Waals surface area contributed by atoms with Gasteiger partial charge in [-0.3, -0.25) is 9.36 Å². The molecule has 150 valence electrons. The molecular weight excluding hydrogens is 368 g/mol. The van der Waals surface area contributed by atoms with Crippen molar-refractivity contribution in [1.29, 1.82) is 0 Å². The summed E-state index contributed by atoms with van der Waals surface area (Å²) < 4.78 is 7.57. The molecule has 3 heterocycles. The molecule has 3 aromatic rings. The number of hydrogen-bond donors (Lipinski definition) is 0. The Balaban J connectivity index is 1.29. The zero-order chi connectivity index (χ0) is 20.2. The maximum atomic E-state index is 12.5. The number of carbonyl (C=O) groups is 1. The SMILES string of the molecule is Cc1ccc(C)c(OCC(=O)N2CCN(c3ccc(-n4ccnc4)nn3)CC2)c1. The number of nitrogens with zero attached hydrogens (tertiary/aromatic N) is 6. The average Bonchev–Trinajstić information content (AvgIpc) is 3.29. The van der Waals surface area contributed by atoms with E-state index in [0.29, 0.717) is 26.2 Å². The van der Waals surface area contributed by atoms with Gasteiger partial charge >= 0.3 is 0 Å². The van der Waals surface area contributed by atoms with Crippen LogP contribution < -0.4 is 9.64 Å². The maximum absolute atomic E-state index is 12.5. The minimum atomic E-state index is 0.00657. The molecule has 0 aliphatic carbocycles. The van der Waals surface area contributed by atoms with Crippen molar-refractivity contribution in [2.45, 2.75) is 13.8 Å². The number of benzene rings is 1. The monoisotopic (exact) mass is 392 g/mol. The van der Waals surface area contributed by atoms with Crippen LogP contribution >= 0.6 is 0 Å². The molecule has 1 aromatic carbocycles. The van der Waals surface area contributed by atoms with E-state index in [4.69, 9.17) is 4.74 Å². The number of imidazole rings is 1. The Morgan fingerprint density at radius 1 is 1.03 bits per heavy atom. The second-order valence-corrected chi connectivity index (χ2v) is 7.15. The van der Waals surface area contributed by atoms with Crippen molar-refractivity contribution < 1.29 is 9.53 Å². The van der Waals surface area contributed by atoms with E-state index < -0.39 is 0 Å². The van der Waals surface area contributed by atoms with Crippen LogP contribution in [0.2, 0.25) is 0 Å². The molecule has 0 spiro atoms. The summed E-state index contributed by atoms with van der Waals surface area (Å²) in [5.74, 6) is 2.31. The standard InChI is InChI=1S/C21H24N6O2/c1-16-3-4-17(2)18(13-16)29-14-21(28)26-11-9-25(10-12-26)19-5-6-20(24-23-19)27-8-7-22-15-27/h3-8,13,15H,9-12,14H2,1-2H3. The second kappa shape index (κ2) is 8.30. The fourth-order valence-electron chi connectivity index (χ4n) is 3.30. The first-order chi connectivity index (χ1) is 14.1. The summed E-state index contributed by atoms with van der Waals surface area (Å²) in [4.78, 5) is 20.5. The lowest BCUT2D eigenvalue weighted by atomic mass is 10.1. The maximum Gasteiger partial charge on any atom is 0.260 e. The molecule has 4 rings (SSSR count). The largest absolute Gasteiger partial charge is 0.483 e. The van der Waals surface area contributed by atoms with Gasteiger partial charge in [-0.1, -0.05) is 12.1 Å². The first-order valence-corrected chi connectivity index (χ1v) is 9.65. The number of anilines is 1. The number of carbonyl (C=O) groups excluding carboxylic acids is 1. The number of piperazine rings is 1. The third-order valence-corrected chi connectivity index (χ3v) is 5.06. The lowest BCUT2D eigenvalue weighted by molar-refractivity contribution is -0.133. The van der Waals surface area contributed by atoms with Crippen molar-refractivity contribution in [3.8, 4) is 11.6 Å². The third-order valence-electron chi connectivity index (χ3n) is 5.06. The van der Waals surface area contributed by atoms with Gasteiger partial charge in [0.1, 0.15) is 12.1 Å². The molecule has 0 bridgehead atoms. The Labute approximate surface area is 169 Å².